The summed E-state index contributed by atoms with van der Waals surface area (Å²) in [5, 5.41) is 11.7. The Bertz CT molecular complexity index is 577. The Hall–Kier alpha value is -1.90. The highest BCUT2D eigenvalue weighted by atomic mass is 19.1. The average molecular weight is 290 g/mol. The molecule has 1 aromatic carbocycles. The van der Waals surface area contributed by atoms with Crippen LogP contribution in [0.25, 0.3) is 0 Å². The molecule has 0 bridgehead atoms. The smallest absolute Gasteiger partial charge is 0.252 e. The molecule has 21 heavy (non-hydrogen) atoms. The predicted octanol–water partition coefficient (Wildman–Crippen LogP) is 0.993. The van der Waals surface area contributed by atoms with E-state index in [1.54, 1.807) is 0 Å². The van der Waals surface area contributed by atoms with Crippen molar-refractivity contribution in [1.29, 1.82) is 0 Å². The summed E-state index contributed by atoms with van der Waals surface area (Å²) in [5.74, 6) is 4.80. The quantitative estimate of drug-likeness (QED) is 0.816. The number of rotatable bonds is 3. The lowest BCUT2D eigenvalue weighted by Crippen LogP contribution is -2.36. The van der Waals surface area contributed by atoms with Gasteiger partial charge in [0.2, 0.25) is 0 Å². The van der Waals surface area contributed by atoms with Gasteiger partial charge in [-0.1, -0.05) is 11.8 Å². The number of likely N-dealkylation sites (N-methyl/N-ethyl adjacent to an activating group) is 1. The van der Waals surface area contributed by atoms with E-state index >= 15 is 0 Å². The molecule has 1 atom stereocenters. The first-order chi connectivity index (χ1) is 10.1. The Kier molecular flexibility index (Phi) is 5.32. The van der Waals surface area contributed by atoms with Gasteiger partial charge in [0.05, 0.1) is 12.2 Å². The topological polar surface area (TPSA) is 52.6 Å². The predicted molar refractivity (Wildman–Crippen MR) is 78.3 cm³/mol. The summed E-state index contributed by atoms with van der Waals surface area (Å²) in [6, 6.07) is 4.07. The maximum atomic E-state index is 13.4. The molecule has 0 spiro atoms. The number of amides is 1. The molecule has 2 N–H and O–H groups in total. The van der Waals surface area contributed by atoms with Gasteiger partial charge in [0.15, 0.2) is 0 Å². The lowest BCUT2D eigenvalue weighted by molar-refractivity contribution is 0.0937. The van der Waals surface area contributed by atoms with Crippen molar-refractivity contribution in [1.82, 2.24) is 10.2 Å². The third-order valence-corrected chi connectivity index (χ3v) is 3.41. The molecular weight excluding hydrogens is 271 g/mol. The molecule has 0 saturated carbocycles. The van der Waals surface area contributed by atoms with Crippen LogP contribution >= 0.6 is 0 Å². The molecule has 5 heteroatoms. The lowest BCUT2D eigenvalue weighted by atomic mass is 10.1. The number of hydrogen-bond acceptors (Lipinski definition) is 3. The Balaban J connectivity index is 2.15. The molecule has 4 nitrogen and oxygen atoms in total. The number of hydrogen-bond donors (Lipinski definition) is 2. The number of likely N-dealkylation sites (tertiary alicyclic amines) is 1. The standard InChI is InChI=1S/C16H19FN2O2/c1-19-8-7-14(11-19)18-16(21)15-10-13(17)6-5-12(15)4-2-3-9-20/h5-6,10,14,20H,3,7-9,11H2,1H3,(H,18,21). The van der Waals surface area contributed by atoms with Gasteiger partial charge in [-0.05, 0) is 38.2 Å². The molecule has 1 fully saturated rings. The molecule has 1 saturated heterocycles. The zero-order chi connectivity index (χ0) is 15.2. The normalized spacial score (nSPS) is 18.1. The summed E-state index contributed by atoms with van der Waals surface area (Å²) >= 11 is 0. The van der Waals surface area contributed by atoms with E-state index in [-0.39, 0.29) is 24.1 Å². The van der Waals surface area contributed by atoms with E-state index in [9.17, 15) is 9.18 Å². The number of benzene rings is 1. The third kappa shape index (κ3) is 4.28. The first kappa shape index (κ1) is 15.5. The number of carbonyl (C=O) groups excluding carboxylic acids is 1. The van der Waals surface area contributed by atoms with Crippen molar-refractivity contribution in [2.75, 3.05) is 26.7 Å². The molecule has 0 aliphatic carbocycles. The van der Waals surface area contributed by atoms with E-state index in [1.165, 1.54) is 18.2 Å². The zero-order valence-electron chi connectivity index (χ0n) is 12.0. The SMILES string of the molecule is CN1CCC(NC(=O)c2cc(F)ccc2C#CCCO)C1. The van der Waals surface area contributed by atoms with Crippen molar-refractivity contribution < 1.29 is 14.3 Å². The fourth-order valence-electron chi connectivity index (χ4n) is 2.34. The minimum atomic E-state index is -0.462. The Labute approximate surface area is 124 Å². The van der Waals surface area contributed by atoms with Crippen molar-refractivity contribution in [2.45, 2.75) is 18.9 Å². The van der Waals surface area contributed by atoms with Gasteiger partial charge in [-0.25, -0.2) is 4.39 Å². The van der Waals surface area contributed by atoms with Crippen LogP contribution in [0.1, 0.15) is 28.8 Å². The zero-order valence-corrected chi connectivity index (χ0v) is 12.0. The lowest BCUT2D eigenvalue weighted by Gasteiger charge is -2.13. The van der Waals surface area contributed by atoms with Crippen molar-refractivity contribution in [3.63, 3.8) is 0 Å². The molecule has 112 valence electrons. The molecule has 2 rings (SSSR count). The third-order valence-electron chi connectivity index (χ3n) is 3.41. The van der Waals surface area contributed by atoms with E-state index < -0.39 is 5.82 Å². The highest BCUT2D eigenvalue weighted by molar-refractivity contribution is 5.97. The van der Waals surface area contributed by atoms with Gasteiger partial charge >= 0.3 is 0 Å². The summed E-state index contributed by atoms with van der Waals surface area (Å²) in [6.07, 6.45) is 1.22. The van der Waals surface area contributed by atoms with Gasteiger partial charge in [-0.2, -0.15) is 0 Å². The van der Waals surface area contributed by atoms with Gasteiger partial charge in [0, 0.05) is 24.6 Å². The van der Waals surface area contributed by atoms with Crippen LogP contribution in [0.15, 0.2) is 18.2 Å². The molecule has 1 aliphatic rings. The van der Waals surface area contributed by atoms with Crippen LogP contribution in [0.5, 0.6) is 0 Å². The van der Waals surface area contributed by atoms with Crippen molar-refractivity contribution in [2.24, 2.45) is 0 Å². The Morgan fingerprint density at radius 1 is 1.57 bits per heavy atom. The van der Waals surface area contributed by atoms with Crippen molar-refractivity contribution >= 4 is 5.91 Å². The summed E-state index contributed by atoms with van der Waals surface area (Å²) in [6.45, 7) is 1.70. The van der Waals surface area contributed by atoms with Crippen LogP contribution in [0.4, 0.5) is 4.39 Å². The van der Waals surface area contributed by atoms with Crippen molar-refractivity contribution in [3.8, 4) is 11.8 Å². The van der Waals surface area contributed by atoms with E-state index in [1.807, 2.05) is 7.05 Å². The minimum absolute atomic E-state index is 0.0376. The second-order valence-corrected chi connectivity index (χ2v) is 5.19. The highest BCUT2D eigenvalue weighted by Crippen LogP contribution is 2.13. The van der Waals surface area contributed by atoms with Gasteiger partial charge in [0.25, 0.3) is 5.91 Å². The van der Waals surface area contributed by atoms with Gasteiger partial charge < -0.3 is 15.3 Å². The van der Waals surface area contributed by atoms with E-state index in [0.29, 0.717) is 12.0 Å². The number of nitrogens with one attached hydrogen (secondary N) is 1. The van der Waals surface area contributed by atoms with Crippen LogP contribution in [-0.2, 0) is 0 Å². The molecule has 1 heterocycles. The monoisotopic (exact) mass is 290 g/mol. The second-order valence-electron chi connectivity index (χ2n) is 5.19. The van der Waals surface area contributed by atoms with Crippen LogP contribution in [0.3, 0.4) is 0 Å². The first-order valence-corrected chi connectivity index (χ1v) is 6.99. The number of aliphatic hydroxyl groups is 1. The number of aliphatic hydroxyl groups excluding tert-OH is 1. The molecular formula is C16H19FN2O2. The highest BCUT2D eigenvalue weighted by Gasteiger charge is 2.22. The molecule has 1 unspecified atom stereocenters. The summed E-state index contributed by atoms with van der Waals surface area (Å²) in [5.41, 5.74) is 0.726. The van der Waals surface area contributed by atoms with Gasteiger partial charge in [0.1, 0.15) is 5.82 Å². The number of carbonyl (C=O) groups is 1. The largest absolute Gasteiger partial charge is 0.395 e. The molecule has 0 aromatic heterocycles. The number of nitrogens with zero attached hydrogens (tertiary/aromatic N) is 1. The summed E-state index contributed by atoms with van der Waals surface area (Å²) in [7, 11) is 2.00. The van der Waals surface area contributed by atoms with Crippen LogP contribution in [0, 0.1) is 17.7 Å². The fourth-order valence-corrected chi connectivity index (χ4v) is 2.34. The second kappa shape index (κ2) is 7.21. The maximum Gasteiger partial charge on any atom is 0.252 e. The van der Waals surface area contributed by atoms with E-state index in [4.69, 9.17) is 5.11 Å². The minimum Gasteiger partial charge on any atom is -0.395 e. The molecule has 0 radical (unpaired) electrons. The Morgan fingerprint density at radius 3 is 3.05 bits per heavy atom. The maximum absolute atomic E-state index is 13.4. The van der Waals surface area contributed by atoms with E-state index in [0.717, 1.165) is 19.5 Å². The summed E-state index contributed by atoms with van der Waals surface area (Å²) < 4.78 is 13.4. The molecule has 1 amide bonds. The average Bonchev–Trinajstić information content (AvgIpc) is 2.86. The fraction of sp³-hybridized carbons (Fsp3) is 0.438. The van der Waals surface area contributed by atoms with Gasteiger partial charge in [-0.15, -0.1) is 0 Å². The van der Waals surface area contributed by atoms with Crippen molar-refractivity contribution in [3.05, 3.63) is 35.1 Å². The first-order valence-electron chi connectivity index (χ1n) is 6.99. The summed E-state index contributed by atoms with van der Waals surface area (Å²) in [4.78, 5) is 14.4. The van der Waals surface area contributed by atoms with Crippen LogP contribution in [-0.4, -0.2) is 48.7 Å². The molecule has 1 aliphatic heterocycles. The van der Waals surface area contributed by atoms with Crippen LogP contribution in [0.2, 0.25) is 0 Å². The van der Waals surface area contributed by atoms with Gasteiger partial charge in [-0.3, -0.25) is 4.79 Å². The van der Waals surface area contributed by atoms with Crippen LogP contribution < -0.4 is 5.32 Å². The van der Waals surface area contributed by atoms with E-state index in [2.05, 4.69) is 22.1 Å². The molecule has 1 aromatic rings. The Morgan fingerprint density at radius 2 is 2.38 bits per heavy atom. The number of halogens is 1.